The van der Waals surface area contributed by atoms with E-state index in [9.17, 15) is 4.79 Å². The van der Waals surface area contributed by atoms with Crippen LogP contribution >= 0.6 is 0 Å². The summed E-state index contributed by atoms with van der Waals surface area (Å²) in [7, 11) is 0. The van der Waals surface area contributed by atoms with Gasteiger partial charge in [-0.1, -0.05) is 12.1 Å². The van der Waals surface area contributed by atoms with Crippen LogP contribution in [0.1, 0.15) is 36.5 Å². The molecule has 3 N–H and O–H groups in total. The molecule has 2 aromatic rings. The first-order valence-electron chi connectivity index (χ1n) is 7.88. The maximum atomic E-state index is 11.5. The minimum Gasteiger partial charge on any atom is -0.393 e. The van der Waals surface area contributed by atoms with Crippen molar-refractivity contribution in [1.29, 1.82) is 0 Å². The Morgan fingerprint density at radius 2 is 2.00 bits per heavy atom. The Hall–Kier alpha value is -2.63. The van der Waals surface area contributed by atoms with Crippen LogP contribution in [0.2, 0.25) is 0 Å². The third kappa shape index (κ3) is 3.41. The van der Waals surface area contributed by atoms with Crippen molar-refractivity contribution >= 4 is 28.8 Å². The van der Waals surface area contributed by atoms with Gasteiger partial charge in [0.05, 0.1) is 0 Å². The summed E-state index contributed by atoms with van der Waals surface area (Å²) in [4.78, 5) is 22.3. The Balaban J connectivity index is 1.85. The number of Topliss-reactive ketones (excluding diaryl/α,β-unsaturated/α-hetero) is 1. The molecule has 2 heterocycles. The summed E-state index contributed by atoms with van der Waals surface area (Å²) in [5, 5.41) is 3.19. The Kier molecular flexibility index (Phi) is 4.41. The van der Waals surface area contributed by atoms with E-state index in [1.807, 2.05) is 12.1 Å². The number of nitrogens with two attached hydrogens (primary N) is 1. The maximum Gasteiger partial charge on any atom is 0.159 e. The Bertz CT molecular complexity index is 710. The Morgan fingerprint density at radius 3 is 2.74 bits per heavy atom. The molecule has 23 heavy (non-hydrogen) atoms. The second-order valence-corrected chi connectivity index (χ2v) is 5.77. The molecule has 3 rings (SSSR count). The van der Waals surface area contributed by atoms with E-state index in [4.69, 9.17) is 5.73 Å². The zero-order valence-electron chi connectivity index (χ0n) is 13.2. The SMILES string of the molecule is CC(=O)c1cccc(Nc2ncnc(N3CCCCC3)c2N)c1. The number of carbonyl (C=O) groups is 1. The number of hydrogen-bond acceptors (Lipinski definition) is 6. The van der Waals surface area contributed by atoms with Crippen LogP contribution in [-0.4, -0.2) is 28.8 Å². The van der Waals surface area contributed by atoms with Crippen molar-refractivity contribution in [3.8, 4) is 0 Å². The van der Waals surface area contributed by atoms with Crippen molar-refractivity contribution in [3.63, 3.8) is 0 Å². The van der Waals surface area contributed by atoms with E-state index in [2.05, 4.69) is 20.2 Å². The lowest BCUT2D eigenvalue weighted by atomic mass is 10.1. The monoisotopic (exact) mass is 311 g/mol. The number of hydrogen-bond donors (Lipinski definition) is 2. The minimum atomic E-state index is 0.0262. The van der Waals surface area contributed by atoms with Gasteiger partial charge >= 0.3 is 0 Å². The van der Waals surface area contributed by atoms with Crippen molar-refractivity contribution in [2.24, 2.45) is 0 Å². The van der Waals surface area contributed by atoms with Crippen LogP contribution in [-0.2, 0) is 0 Å². The fraction of sp³-hybridized carbons (Fsp3) is 0.353. The van der Waals surface area contributed by atoms with Gasteiger partial charge in [-0.15, -0.1) is 0 Å². The fourth-order valence-electron chi connectivity index (χ4n) is 2.80. The van der Waals surface area contributed by atoms with Gasteiger partial charge in [0, 0.05) is 24.3 Å². The van der Waals surface area contributed by atoms with Crippen LogP contribution in [0.25, 0.3) is 0 Å². The van der Waals surface area contributed by atoms with Crippen LogP contribution in [0.15, 0.2) is 30.6 Å². The first-order valence-corrected chi connectivity index (χ1v) is 7.88. The molecule has 1 aliphatic heterocycles. The third-order valence-corrected chi connectivity index (χ3v) is 4.05. The van der Waals surface area contributed by atoms with E-state index >= 15 is 0 Å². The number of nitrogens with one attached hydrogen (secondary N) is 1. The molecule has 0 spiro atoms. The van der Waals surface area contributed by atoms with Crippen LogP contribution in [0.5, 0.6) is 0 Å². The van der Waals surface area contributed by atoms with Crippen LogP contribution in [0, 0.1) is 0 Å². The van der Waals surface area contributed by atoms with Crippen molar-refractivity contribution in [2.75, 3.05) is 29.0 Å². The molecule has 0 aliphatic carbocycles. The van der Waals surface area contributed by atoms with Gasteiger partial charge in [-0.3, -0.25) is 4.79 Å². The lowest BCUT2D eigenvalue weighted by molar-refractivity contribution is 0.101. The van der Waals surface area contributed by atoms with Gasteiger partial charge in [-0.2, -0.15) is 0 Å². The molecule has 1 aliphatic rings. The predicted molar refractivity (Wildman–Crippen MR) is 92.2 cm³/mol. The molecular weight excluding hydrogens is 290 g/mol. The van der Waals surface area contributed by atoms with Gasteiger partial charge in [0.15, 0.2) is 17.4 Å². The molecule has 6 heteroatoms. The second-order valence-electron chi connectivity index (χ2n) is 5.77. The van der Waals surface area contributed by atoms with E-state index in [0.717, 1.165) is 37.4 Å². The summed E-state index contributed by atoms with van der Waals surface area (Å²) < 4.78 is 0. The van der Waals surface area contributed by atoms with Gasteiger partial charge in [0.2, 0.25) is 0 Å². The normalized spacial score (nSPS) is 14.6. The number of carbonyl (C=O) groups excluding carboxylic acids is 1. The Labute approximate surface area is 135 Å². The highest BCUT2D eigenvalue weighted by atomic mass is 16.1. The average molecular weight is 311 g/mol. The average Bonchev–Trinajstić information content (AvgIpc) is 2.58. The molecule has 0 bridgehead atoms. The highest BCUT2D eigenvalue weighted by Gasteiger charge is 2.17. The highest BCUT2D eigenvalue weighted by Crippen LogP contribution is 2.30. The zero-order valence-corrected chi connectivity index (χ0v) is 13.2. The minimum absolute atomic E-state index is 0.0262. The molecule has 0 atom stereocenters. The number of benzene rings is 1. The van der Waals surface area contributed by atoms with E-state index < -0.39 is 0 Å². The summed E-state index contributed by atoms with van der Waals surface area (Å²) >= 11 is 0. The van der Waals surface area contributed by atoms with Crippen LogP contribution in [0.3, 0.4) is 0 Å². The van der Waals surface area contributed by atoms with Gasteiger partial charge in [0.1, 0.15) is 12.0 Å². The van der Waals surface area contributed by atoms with E-state index in [-0.39, 0.29) is 5.78 Å². The maximum absolute atomic E-state index is 11.5. The summed E-state index contributed by atoms with van der Waals surface area (Å²) in [6, 6.07) is 7.30. The largest absolute Gasteiger partial charge is 0.393 e. The van der Waals surface area contributed by atoms with Gasteiger partial charge in [0.25, 0.3) is 0 Å². The first kappa shape index (κ1) is 15.3. The molecule has 0 unspecified atom stereocenters. The summed E-state index contributed by atoms with van der Waals surface area (Å²) in [5.41, 5.74) is 8.24. The highest BCUT2D eigenvalue weighted by molar-refractivity contribution is 5.95. The number of piperidine rings is 1. The standard InChI is InChI=1S/C17H21N5O/c1-12(23)13-6-5-7-14(10-13)21-16-15(18)17(20-11-19-16)22-8-3-2-4-9-22/h5-7,10-11H,2-4,8-9,18H2,1H3,(H,19,20,21). The summed E-state index contributed by atoms with van der Waals surface area (Å²) in [5.74, 6) is 1.38. The third-order valence-electron chi connectivity index (χ3n) is 4.05. The molecular formula is C17H21N5O. The van der Waals surface area contributed by atoms with E-state index in [1.165, 1.54) is 12.7 Å². The number of ketones is 1. The molecule has 120 valence electrons. The zero-order chi connectivity index (χ0) is 16.2. The Morgan fingerprint density at radius 1 is 1.22 bits per heavy atom. The number of rotatable bonds is 4. The molecule has 0 amide bonds. The summed E-state index contributed by atoms with van der Waals surface area (Å²) in [6.07, 6.45) is 5.10. The van der Waals surface area contributed by atoms with Gasteiger partial charge < -0.3 is 16.0 Å². The van der Waals surface area contributed by atoms with Crippen molar-refractivity contribution < 1.29 is 4.79 Å². The lowest BCUT2D eigenvalue weighted by Gasteiger charge is -2.28. The molecule has 1 fully saturated rings. The predicted octanol–water partition coefficient (Wildman–Crippen LogP) is 3.00. The van der Waals surface area contributed by atoms with Crippen molar-refractivity contribution in [2.45, 2.75) is 26.2 Å². The van der Waals surface area contributed by atoms with Crippen LogP contribution in [0.4, 0.5) is 23.0 Å². The van der Waals surface area contributed by atoms with E-state index in [0.29, 0.717) is 17.1 Å². The molecule has 1 aromatic heterocycles. The quantitative estimate of drug-likeness (QED) is 0.844. The molecule has 1 saturated heterocycles. The van der Waals surface area contributed by atoms with Gasteiger partial charge in [-0.25, -0.2) is 9.97 Å². The van der Waals surface area contributed by atoms with Crippen molar-refractivity contribution in [1.82, 2.24) is 9.97 Å². The fourth-order valence-corrected chi connectivity index (χ4v) is 2.80. The first-order chi connectivity index (χ1) is 11.1. The molecule has 6 nitrogen and oxygen atoms in total. The second kappa shape index (κ2) is 6.64. The van der Waals surface area contributed by atoms with Crippen molar-refractivity contribution in [3.05, 3.63) is 36.2 Å². The van der Waals surface area contributed by atoms with Gasteiger partial charge in [-0.05, 0) is 38.3 Å². The molecule has 0 saturated carbocycles. The molecule has 0 radical (unpaired) electrons. The topological polar surface area (TPSA) is 84.1 Å². The smallest absolute Gasteiger partial charge is 0.159 e. The van der Waals surface area contributed by atoms with Crippen LogP contribution < -0.4 is 16.0 Å². The number of anilines is 4. The number of nitrogen functional groups attached to an aromatic ring is 1. The van der Waals surface area contributed by atoms with E-state index in [1.54, 1.807) is 19.1 Å². The number of aromatic nitrogens is 2. The molecule has 1 aromatic carbocycles. The number of nitrogens with zero attached hydrogens (tertiary/aromatic N) is 3. The summed E-state index contributed by atoms with van der Waals surface area (Å²) in [6.45, 7) is 3.49. The lowest BCUT2D eigenvalue weighted by Crippen LogP contribution is -2.31.